The van der Waals surface area contributed by atoms with Gasteiger partial charge in [-0.05, 0) is 31.2 Å². The summed E-state index contributed by atoms with van der Waals surface area (Å²) in [5.74, 6) is -1.24. The molecule has 2 aromatic carbocycles. The number of aryl methyl sites for hydroxylation is 1. The number of benzene rings is 2. The number of aliphatic hydroxyl groups is 1. The highest BCUT2D eigenvalue weighted by molar-refractivity contribution is 6.51. The summed E-state index contributed by atoms with van der Waals surface area (Å²) in [6.07, 6.45) is 1.48. The van der Waals surface area contributed by atoms with E-state index >= 15 is 0 Å². The fourth-order valence-corrected chi connectivity index (χ4v) is 3.27. The van der Waals surface area contributed by atoms with Crippen molar-refractivity contribution in [3.8, 4) is 0 Å². The van der Waals surface area contributed by atoms with Crippen molar-refractivity contribution in [2.75, 3.05) is 4.90 Å². The minimum absolute atomic E-state index is 0.0155. The van der Waals surface area contributed by atoms with Gasteiger partial charge in [0.1, 0.15) is 17.6 Å². The summed E-state index contributed by atoms with van der Waals surface area (Å²) in [7, 11) is 0. The zero-order chi connectivity index (χ0) is 19.0. The van der Waals surface area contributed by atoms with E-state index in [1.807, 2.05) is 25.1 Å². The minimum atomic E-state index is -0.831. The van der Waals surface area contributed by atoms with Crippen molar-refractivity contribution in [2.45, 2.75) is 13.0 Å². The molecule has 5 nitrogen and oxygen atoms in total. The van der Waals surface area contributed by atoms with Crippen molar-refractivity contribution in [2.24, 2.45) is 0 Å². The van der Waals surface area contributed by atoms with Gasteiger partial charge >= 0.3 is 0 Å². The lowest BCUT2D eigenvalue weighted by Crippen LogP contribution is -2.29. The first-order chi connectivity index (χ1) is 13.1. The van der Waals surface area contributed by atoms with Crippen molar-refractivity contribution in [3.05, 3.63) is 95.5 Å². The number of carbonyl (C=O) groups is 2. The molecule has 4 rings (SSSR count). The molecule has 1 aromatic heterocycles. The van der Waals surface area contributed by atoms with Gasteiger partial charge in [0.05, 0.1) is 11.8 Å². The van der Waals surface area contributed by atoms with Crippen LogP contribution in [0.5, 0.6) is 0 Å². The second-order valence-electron chi connectivity index (χ2n) is 6.39. The first-order valence-corrected chi connectivity index (χ1v) is 8.54. The maximum Gasteiger partial charge on any atom is 0.300 e. The molecule has 1 atom stereocenters. The van der Waals surface area contributed by atoms with Gasteiger partial charge in [-0.2, -0.15) is 0 Å². The Labute approximate surface area is 156 Å². The van der Waals surface area contributed by atoms with E-state index in [1.54, 1.807) is 48.5 Å². The molecular weight excluding hydrogens is 342 g/mol. The fraction of sp³-hybridized carbons (Fsp3) is 0.0909. The summed E-state index contributed by atoms with van der Waals surface area (Å²) in [5, 5.41) is 10.8. The molecule has 27 heavy (non-hydrogen) atoms. The SMILES string of the molecule is Cc1ccc(N2C(=O)C(=O)/C(=C(\O)c3ccccc3)C2c2ccco2)cc1. The third-order valence-corrected chi connectivity index (χ3v) is 4.62. The number of hydrogen-bond donors (Lipinski definition) is 1. The number of carbonyl (C=O) groups excluding carboxylic acids is 2. The van der Waals surface area contributed by atoms with Crippen LogP contribution in [0.25, 0.3) is 5.76 Å². The first kappa shape index (κ1) is 16.8. The van der Waals surface area contributed by atoms with Crippen LogP contribution < -0.4 is 4.90 Å². The molecule has 134 valence electrons. The van der Waals surface area contributed by atoms with Gasteiger partial charge in [-0.15, -0.1) is 0 Å². The largest absolute Gasteiger partial charge is 0.507 e. The molecule has 0 bridgehead atoms. The van der Waals surface area contributed by atoms with Gasteiger partial charge < -0.3 is 9.52 Å². The molecule has 1 N–H and O–H groups in total. The van der Waals surface area contributed by atoms with E-state index in [1.165, 1.54) is 11.2 Å². The Bertz CT molecular complexity index is 1020. The summed E-state index contributed by atoms with van der Waals surface area (Å²) in [5.41, 5.74) is 2.09. The van der Waals surface area contributed by atoms with E-state index in [2.05, 4.69) is 0 Å². The summed E-state index contributed by atoms with van der Waals surface area (Å²) in [6, 6.07) is 18.5. The molecule has 1 amide bonds. The second kappa shape index (κ2) is 6.61. The highest BCUT2D eigenvalue weighted by Crippen LogP contribution is 2.42. The third kappa shape index (κ3) is 2.83. The molecule has 0 aliphatic carbocycles. The van der Waals surface area contributed by atoms with Crippen LogP contribution in [0.2, 0.25) is 0 Å². The first-order valence-electron chi connectivity index (χ1n) is 8.54. The number of furan rings is 1. The zero-order valence-electron chi connectivity index (χ0n) is 14.6. The summed E-state index contributed by atoms with van der Waals surface area (Å²) in [6.45, 7) is 1.94. The lowest BCUT2D eigenvalue weighted by atomic mass is 9.99. The van der Waals surface area contributed by atoms with Crippen molar-refractivity contribution in [1.82, 2.24) is 0 Å². The van der Waals surface area contributed by atoms with E-state index in [0.717, 1.165) is 5.56 Å². The van der Waals surface area contributed by atoms with Crippen LogP contribution in [0, 0.1) is 6.92 Å². The van der Waals surface area contributed by atoms with E-state index in [9.17, 15) is 14.7 Å². The predicted octanol–water partition coefficient (Wildman–Crippen LogP) is 4.21. The zero-order valence-corrected chi connectivity index (χ0v) is 14.6. The van der Waals surface area contributed by atoms with Crippen LogP contribution in [0.15, 0.2) is 83.0 Å². The topological polar surface area (TPSA) is 70.8 Å². The van der Waals surface area contributed by atoms with Gasteiger partial charge in [0, 0.05) is 11.3 Å². The van der Waals surface area contributed by atoms with Crippen LogP contribution in [0.3, 0.4) is 0 Å². The minimum Gasteiger partial charge on any atom is -0.507 e. The maximum atomic E-state index is 12.8. The fourth-order valence-electron chi connectivity index (χ4n) is 3.27. The molecule has 1 unspecified atom stereocenters. The third-order valence-electron chi connectivity index (χ3n) is 4.62. The van der Waals surface area contributed by atoms with Crippen molar-refractivity contribution >= 4 is 23.1 Å². The van der Waals surface area contributed by atoms with Gasteiger partial charge in [0.25, 0.3) is 11.7 Å². The lowest BCUT2D eigenvalue weighted by Gasteiger charge is -2.23. The van der Waals surface area contributed by atoms with E-state index in [0.29, 0.717) is 17.0 Å². The molecule has 2 heterocycles. The number of Topliss-reactive ketones (excluding diaryl/α,β-unsaturated/α-hetero) is 1. The Hall–Kier alpha value is -3.60. The number of nitrogens with zero attached hydrogens (tertiary/aromatic N) is 1. The molecule has 3 aromatic rings. The van der Waals surface area contributed by atoms with Crippen molar-refractivity contribution < 1.29 is 19.1 Å². The van der Waals surface area contributed by atoms with Crippen molar-refractivity contribution in [3.63, 3.8) is 0 Å². The predicted molar refractivity (Wildman–Crippen MR) is 101 cm³/mol. The van der Waals surface area contributed by atoms with E-state index < -0.39 is 17.7 Å². The van der Waals surface area contributed by atoms with Crippen LogP contribution in [0.1, 0.15) is 22.9 Å². The number of aliphatic hydroxyl groups excluding tert-OH is 1. The van der Waals surface area contributed by atoms with Crippen LogP contribution in [-0.2, 0) is 9.59 Å². The smallest absolute Gasteiger partial charge is 0.300 e. The molecule has 5 heteroatoms. The average Bonchev–Trinajstić information content (AvgIpc) is 3.30. The van der Waals surface area contributed by atoms with Gasteiger partial charge in [-0.3, -0.25) is 14.5 Å². The molecular formula is C22H17NO4. The van der Waals surface area contributed by atoms with Crippen molar-refractivity contribution in [1.29, 1.82) is 0 Å². The molecule has 1 aliphatic heterocycles. The van der Waals surface area contributed by atoms with Crippen LogP contribution in [-0.4, -0.2) is 16.8 Å². The summed E-state index contributed by atoms with van der Waals surface area (Å²) >= 11 is 0. The van der Waals surface area contributed by atoms with Crippen LogP contribution in [0.4, 0.5) is 5.69 Å². The number of amides is 1. The Kier molecular flexibility index (Phi) is 4.12. The molecule has 0 spiro atoms. The van der Waals surface area contributed by atoms with Gasteiger partial charge in [-0.25, -0.2) is 0 Å². The highest BCUT2D eigenvalue weighted by Gasteiger charge is 2.48. The van der Waals surface area contributed by atoms with Crippen LogP contribution >= 0.6 is 0 Å². The number of rotatable bonds is 3. The van der Waals surface area contributed by atoms with E-state index in [-0.39, 0.29) is 11.3 Å². The van der Waals surface area contributed by atoms with Gasteiger partial charge in [0.2, 0.25) is 0 Å². The Morgan fingerprint density at radius 1 is 0.963 bits per heavy atom. The Morgan fingerprint density at radius 3 is 2.30 bits per heavy atom. The highest BCUT2D eigenvalue weighted by atomic mass is 16.3. The Balaban J connectivity index is 1.92. The number of hydrogen-bond acceptors (Lipinski definition) is 4. The average molecular weight is 359 g/mol. The normalized spacial score (nSPS) is 18.9. The Morgan fingerprint density at radius 2 is 1.67 bits per heavy atom. The number of ketones is 1. The maximum absolute atomic E-state index is 12.8. The van der Waals surface area contributed by atoms with E-state index in [4.69, 9.17) is 4.42 Å². The molecule has 1 saturated heterocycles. The monoisotopic (exact) mass is 359 g/mol. The van der Waals surface area contributed by atoms with Gasteiger partial charge in [-0.1, -0.05) is 48.0 Å². The quantitative estimate of drug-likeness (QED) is 0.432. The summed E-state index contributed by atoms with van der Waals surface area (Å²) in [4.78, 5) is 27.0. The van der Waals surface area contributed by atoms with Gasteiger partial charge in [0.15, 0.2) is 0 Å². The molecule has 1 aliphatic rings. The lowest BCUT2D eigenvalue weighted by molar-refractivity contribution is -0.132. The standard InChI is InChI=1S/C22H17NO4/c1-14-9-11-16(12-10-14)23-19(17-8-5-13-27-17)18(21(25)22(23)26)20(24)15-6-3-2-4-7-15/h2-13,19,24H,1H3/b20-18-. The number of anilines is 1. The second-order valence-corrected chi connectivity index (χ2v) is 6.39. The molecule has 0 saturated carbocycles. The summed E-state index contributed by atoms with van der Waals surface area (Å²) < 4.78 is 5.51. The molecule has 1 fully saturated rings. The molecule has 0 radical (unpaired) electrons.